The maximum Gasteiger partial charge on any atom is 0.267 e. The molecule has 3 aromatic heterocycles. The van der Waals surface area contributed by atoms with Crippen LogP contribution in [0.2, 0.25) is 0 Å². The Hall–Kier alpha value is -3.10. The van der Waals surface area contributed by atoms with Gasteiger partial charge in [0.25, 0.3) is 5.56 Å². The predicted octanol–water partition coefficient (Wildman–Crippen LogP) is 1.83. The zero-order valence-electron chi connectivity index (χ0n) is 15.4. The Labute approximate surface area is 156 Å². The zero-order valence-corrected chi connectivity index (χ0v) is 15.4. The Bertz CT molecular complexity index is 953. The molecule has 9 heteroatoms. The minimum absolute atomic E-state index is 0.0826. The minimum atomic E-state index is -0.0899. The number of rotatable bonds is 4. The maximum atomic E-state index is 12.3. The van der Waals surface area contributed by atoms with Crippen molar-refractivity contribution in [3.05, 3.63) is 52.6 Å². The van der Waals surface area contributed by atoms with E-state index in [1.165, 1.54) is 12.4 Å². The first-order valence-electron chi connectivity index (χ1n) is 9.12. The number of aryl methyl sites for hydroxylation is 2. The molecule has 1 aliphatic rings. The number of hydrogen-bond donors (Lipinski definition) is 1. The lowest BCUT2D eigenvalue weighted by Gasteiger charge is -2.29. The number of nitrogens with zero attached hydrogens (tertiary/aromatic N) is 7. The Balaban J connectivity index is 1.45. The Morgan fingerprint density at radius 3 is 2.48 bits per heavy atom. The topological polar surface area (TPSA) is 103 Å². The highest BCUT2D eigenvalue weighted by atomic mass is 16.1. The van der Waals surface area contributed by atoms with E-state index in [-0.39, 0.29) is 11.6 Å². The molecule has 1 saturated carbocycles. The van der Waals surface area contributed by atoms with Crippen LogP contribution in [0.1, 0.15) is 43.1 Å². The molecule has 1 fully saturated rings. The second-order valence-corrected chi connectivity index (χ2v) is 6.94. The minimum Gasteiger partial charge on any atom is -0.351 e. The summed E-state index contributed by atoms with van der Waals surface area (Å²) in [5.74, 6) is 1.27. The van der Waals surface area contributed by atoms with Gasteiger partial charge < -0.3 is 5.32 Å². The standard InChI is InChI=1S/C18H22N8O/c1-12-9-13(2)22-18(21-12)23-14-3-5-15(6-4-14)26-17(27)8-7-16(24-26)25-11-19-10-20-25/h7-11,14-15H,3-6H2,1-2H3,(H,21,22,23). The third-order valence-corrected chi connectivity index (χ3v) is 4.82. The third-order valence-electron chi connectivity index (χ3n) is 4.82. The fourth-order valence-electron chi connectivity index (χ4n) is 3.56. The lowest BCUT2D eigenvalue weighted by Crippen LogP contribution is -2.34. The van der Waals surface area contributed by atoms with Crippen molar-refractivity contribution >= 4 is 5.95 Å². The number of hydrogen-bond acceptors (Lipinski definition) is 7. The van der Waals surface area contributed by atoms with Gasteiger partial charge in [-0.3, -0.25) is 4.79 Å². The van der Waals surface area contributed by atoms with Gasteiger partial charge in [0.1, 0.15) is 12.7 Å². The second-order valence-electron chi connectivity index (χ2n) is 6.94. The quantitative estimate of drug-likeness (QED) is 0.751. The third kappa shape index (κ3) is 3.86. The Morgan fingerprint density at radius 1 is 1.07 bits per heavy atom. The summed E-state index contributed by atoms with van der Waals surface area (Å²) in [7, 11) is 0. The number of aromatic nitrogens is 7. The van der Waals surface area contributed by atoms with Crippen molar-refractivity contribution in [2.24, 2.45) is 0 Å². The molecule has 3 aromatic rings. The highest BCUT2D eigenvalue weighted by Crippen LogP contribution is 2.28. The molecule has 0 unspecified atom stereocenters. The molecule has 0 spiro atoms. The fraction of sp³-hybridized carbons (Fsp3) is 0.444. The highest BCUT2D eigenvalue weighted by molar-refractivity contribution is 5.29. The van der Waals surface area contributed by atoms with Gasteiger partial charge in [-0.05, 0) is 51.7 Å². The molecule has 4 rings (SSSR count). The molecule has 27 heavy (non-hydrogen) atoms. The van der Waals surface area contributed by atoms with Gasteiger partial charge in [-0.15, -0.1) is 5.10 Å². The molecule has 0 radical (unpaired) electrons. The van der Waals surface area contributed by atoms with E-state index in [1.807, 2.05) is 19.9 Å². The van der Waals surface area contributed by atoms with Crippen molar-refractivity contribution in [1.82, 2.24) is 34.5 Å². The van der Waals surface area contributed by atoms with Gasteiger partial charge in [-0.1, -0.05) is 0 Å². The maximum absolute atomic E-state index is 12.3. The monoisotopic (exact) mass is 366 g/mol. The molecule has 1 N–H and O–H groups in total. The summed E-state index contributed by atoms with van der Waals surface area (Å²) >= 11 is 0. The van der Waals surface area contributed by atoms with Crippen LogP contribution in [0.5, 0.6) is 0 Å². The van der Waals surface area contributed by atoms with Crippen molar-refractivity contribution in [3.63, 3.8) is 0 Å². The summed E-state index contributed by atoms with van der Waals surface area (Å²) in [6.07, 6.45) is 6.63. The van der Waals surface area contributed by atoms with Crippen molar-refractivity contribution in [2.75, 3.05) is 5.32 Å². The summed E-state index contributed by atoms with van der Waals surface area (Å²) in [6.45, 7) is 3.94. The molecule has 0 aromatic carbocycles. The molecule has 0 amide bonds. The summed E-state index contributed by atoms with van der Waals surface area (Å²) < 4.78 is 3.14. The number of nitrogens with one attached hydrogen (secondary N) is 1. The highest BCUT2D eigenvalue weighted by Gasteiger charge is 2.24. The largest absolute Gasteiger partial charge is 0.351 e. The van der Waals surface area contributed by atoms with Gasteiger partial charge in [0.15, 0.2) is 5.82 Å². The average molecular weight is 366 g/mol. The lowest BCUT2D eigenvalue weighted by atomic mass is 9.91. The van der Waals surface area contributed by atoms with Crippen molar-refractivity contribution < 1.29 is 0 Å². The number of anilines is 1. The van der Waals surface area contributed by atoms with E-state index in [9.17, 15) is 4.79 Å². The van der Waals surface area contributed by atoms with Gasteiger partial charge in [-0.25, -0.2) is 24.3 Å². The lowest BCUT2D eigenvalue weighted by molar-refractivity contribution is 0.302. The van der Waals surface area contributed by atoms with Gasteiger partial charge in [0.05, 0.1) is 6.04 Å². The predicted molar refractivity (Wildman–Crippen MR) is 99.8 cm³/mol. The summed E-state index contributed by atoms with van der Waals surface area (Å²) in [6, 6.07) is 5.55. The molecule has 0 bridgehead atoms. The average Bonchev–Trinajstić information content (AvgIpc) is 3.17. The molecular formula is C18H22N8O. The first-order chi connectivity index (χ1) is 13.1. The molecule has 0 atom stereocenters. The zero-order chi connectivity index (χ0) is 18.8. The van der Waals surface area contributed by atoms with E-state index < -0.39 is 0 Å². The van der Waals surface area contributed by atoms with Gasteiger partial charge in [-0.2, -0.15) is 5.10 Å². The van der Waals surface area contributed by atoms with Crippen LogP contribution in [-0.2, 0) is 0 Å². The molecule has 9 nitrogen and oxygen atoms in total. The van der Waals surface area contributed by atoms with Crippen molar-refractivity contribution in [1.29, 1.82) is 0 Å². The second kappa shape index (κ2) is 7.26. The first kappa shape index (κ1) is 17.3. The van der Waals surface area contributed by atoms with E-state index in [1.54, 1.807) is 21.8 Å². The van der Waals surface area contributed by atoms with E-state index >= 15 is 0 Å². The summed E-state index contributed by atoms with van der Waals surface area (Å²) in [4.78, 5) is 25.1. The van der Waals surface area contributed by atoms with Crippen LogP contribution in [0.25, 0.3) is 5.82 Å². The first-order valence-corrected chi connectivity index (χ1v) is 9.12. The molecule has 1 aliphatic carbocycles. The van der Waals surface area contributed by atoms with Crippen LogP contribution >= 0.6 is 0 Å². The van der Waals surface area contributed by atoms with Crippen LogP contribution in [0.3, 0.4) is 0 Å². The van der Waals surface area contributed by atoms with E-state index in [0.29, 0.717) is 17.8 Å². The summed E-state index contributed by atoms with van der Waals surface area (Å²) in [5.41, 5.74) is 1.83. The molecule has 3 heterocycles. The summed E-state index contributed by atoms with van der Waals surface area (Å²) in [5, 5.41) is 12.0. The van der Waals surface area contributed by atoms with Crippen molar-refractivity contribution in [3.8, 4) is 5.82 Å². The van der Waals surface area contributed by atoms with E-state index in [0.717, 1.165) is 37.1 Å². The Kier molecular flexibility index (Phi) is 4.66. The van der Waals surface area contributed by atoms with E-state index in [4.69, 9.17) is 0 Å². The fourth-order valence-corrected chi connectivity index (χ4v) is 3.56. The van der Waals surface area contributed by atoms with Crippen molar-refractivity contribution in [2.45, 2.75) is 51.6 Å². The smallest absolute Gasteiger partial charge is 0.267 e. The molecule has 0 aliphatic heterocycles. The van der Waals surface area contributed by atoms with Gasteiger partial charge in [0, 0.05) is 23.5 Å². The SMILES string of the molecule is Cc1cc(C)nc(NC2CCC(n3nc(-n4cncn4)ccc3=O)CC2)n1. The Morgan fingerprint density at radius 2 is 1.81 bits per heavy atom. The molecule has 140 valence electrons. The molecule has 0 saturated heterocycles. The van der Waals surface area contributed by atoms with Crippen LogP contribution < -0.4 is 10.9 Å². The van der Waals surface area contributed by atoms with Gasteiger partial charge in [0.2, 0.25) is 5.95 Å². The van der Waals surface area contributed by atoms with Crippen LogP contribution in [0.15, 0.2) is 35.6 Å². The van der Waals surface area contributed by atoms with Crippen LogP contribution in [-0.4, -0.2) is 40.6 Å². The van der Waals surface area contributed by atoms with E-state index in [2.05, 4.69) is 30.5 Å². The van der Waals surface area contributed by atoms with Crippen LogP contribution in [0, 0.1) is 13.8 Å². The van der Waals surface area contributed by atoms with Crippen LogP contribution in [0.4, 0.5) is 5.95 Å². The molecular weight excluding hydrogens is 344 g/mol. The van der Waals surface area contributed by atoms with Gasteiger partial charge >= 0.3 is 0 Å². The normalized spacial score (nSPS) is 19.8.